The summed E-state index contributed by atoms with van der Waals surface area (Å²) in [7, 11) is 0. The molecule has 114 valence electrons. The molecule has 4 nitrogen and oxygen atoms in total. The zero-order valence-corrected chi connectivity index (χ0v) is 14.7. The van der Waals surface area contributed by atoms with Gasteiger partial charge in [0.15, 0.2) is 0 Å². The molecule has 0 aliphatic carbocycles. The third-order valence-electron chi connectivity index (χ3n) is 3.33. The van der Waals surface area contributed by atoms with Gasteiger partial charge in [0.25, 0.3) is 0 Å². The summed E-state index contributed by atoms with van der Waals surface area (Å²) in [5.74, 6) is 0.653. The Morgan fingerprint density at radius 2 is 1.95 bits per heavy atom. The Balaban J connectivity index is 2.05. The molecule has 2 aromatic heterocycles. The fourth-order valence-corrected chi connectivity index (χ4v) is 2.47. The van der Waals surface area contributed by atoms with E-state index >= 15 is 0 Å². The first kappa shape index (κ1) is 16.2. The molecule has 0 unspecified atom stereocenters. The second-order valence-electron chi connectivity index (χ2n) is 5.79. The number of hydrogen-bond acceptors (Lipinski definition) is 3. The summed E-state index contributed by atoms with van der Waals surface area (Å²) in [6.45, 7) is 11.0. The van der Waals surface area contributed by atoms with Crippen LogP contribution in [0.2, 0.25) is 0 Å². The predicted octanol–water partition coefficient (Wildman–Crippen LogP) is 3.45. The van der Waals surface area contributed by atoms with Crippen molar-refractivity contribution in [3.8, 4) is 0 Å². The van der Waals surface area contributed by atoms with Crippen LogP contribution in [-0.4, -0.2) is 21.3 Å². The van der Waals surface area contributed by atoms with Gasteiger partial charge in [0.1, 0.15) is 0 Å². The van der Waals surface area contributed by atoms with Gasteiger partial charge in [-0.3, -0.25) is 9.67 Å². The molecule has 2 aromatic rings. The van der Waals surface area contributed by atoms with Gasteiger partial charge in [-0.25, -0.2) is 0 Å². The molecular formula is C16H23BrN4. The first-order valence-corrected chi connectivity index (χ1v) is 8.11. The van der Waals surface area contributed by atoms with Gasteiger partial charge in [0.05, 0.1) is 33.8 Å². The van der Waals surface area contributed by atoms with Crippen LogP contribution in [0.5, 0.6) is 0 Å². The third kappa shape index (κ3) is 4.38. The monoisotopic (exact) mass is 350 g/mol. The summed E-state index contributed by atoms with van der Waals surface area (Å²) in [5, 5.41) is 7.96. The van der Waals surface area contributed by atoms with E-state index in [1.165, 1.54) is 0 Å². The number of hydrogen-bond donors (Lipinski definition) is 1. The third-order valence-corrected chi connectivity index (χ3v) is 4.48. The number of nitrogens with zero attached hydrogens (tertiary/aromatic N) is 3. The number of pyridine rings is 1. The van der Waals surface area contributed by atoms with Gasteiger partial charge in [0, 0.05) is 6.54 Å². The highest BCUT2D eigenvalue weighted by Gasteiger charge is 2.09. The van der Waals surface area contributed by atoms with Crippen molar-refractivity contribution >= 4 is 15.9 Å². The van der Waals surface area contributed by atoms with Crippen molar-refractivity contribution in [3.63, 3.8) is 0 Å². The van der Waals surface area contributed by atoms with Gasteiger partial charge >= 0.3 is 0 Å². The Labute approximate surface area is 135 Å². The summed E-state index contributed by atoms with van der Waals surface area (Å²) in [5.41, 5.74) is 4.27. The van der Waals surface area contributed by atoms with Crippen LogP contribution in [0.15, 0.2) is 22.7 Å². The SMILES string of the molecule is Cc1nn(Cc2cccc(CNCC(C)C)n2)c(C)c1Br. The Hall–Kier alpha value is -1.20. The maximum absolute atomic E-state index is 4.71. The molecule has 1 N–H and O–H groups in total. The standard InChI is InChI=1S/C16H23BrN4/c1-11(2)8-18-9-14-6-5-7-15(19-14)10-21-13(4)16(17)12(3)20-21/h5-7,11,18H,8-10H2,1-4H3. The van der Waals surface area contributed by atoms with E-state index in [0.717, 1.165) is 40.3 Å². The fourth-order valence-electron chi connectivity index (χ4n) is 2.19. The highest BCUT2D eigenvalue weighted by Crippen LogP contribution is 2.20. The van der Waals surface area contributed by atoms with Crippen molar-refractivity contribution in [2.75, 3.05) is 6.54 Å². The van der Waals surface area contributed by atoms with Gasteiger partial charge in [-0.1, -0.05) is 19.9 Å². The van der Waals surface area contributed by atoms with Gasteiger partial charge < -0.3 is 5.32 Å². The second-order valence-corrected chi connectivity index (χ2v) is 6.58. The summed E-state index contributed by atoms with van der Waals surface area (Å²) < 4.78 is 3.07. The quantitative estimate of drug-likeness (QED) is 0.867. The fraction of sp³-hybridized carbons (Fsp3) is 0.500. The molecule has 0 radical (unpaired) electrons. The van der Waals surface area contributed by atoms with E-state index in [4.69, 9.17) is 4.98 Å². The number of halogens is 1. The van der Waals surface area contributed by atoms with Crippen molar-refractivity contribution < 1.29 is 0 Å². The minimum atomic E-state index is 0.653. The lowest BCUT2D eigenvalue weighted by Crippen LogP contribution is -2.20. The van der Waals surface area contributed by atoms with Crippen LogP contribution in [-0.2, 0) is 13.1 Å². The van der Waals surface area contributed by atoms with Gasteiger partial charge in [-0.2, -0.15) is 5.10 Å². The van der Waals surface area contributed by atoms with Crippen LogP contribution < -0.4 is 5.32 Å². The van der Waals surface area contributed by atoms with E-state index in [1.54, 1.807) is 0 Å². The van der Waals surface area contributed by atoms with Crippen LogP contribution in [0.25, 0.3) is 0 Å². The number of rotatable bonds is 6. The van der Waals surface area contributed by atoms with Crippen LogP contribution in [0.3, 0.4) is 0 Å². The summed E-state index contributed by atoms with van der Waals surface area (Å²) in [6.07, 6.45) is 0. The molecule has 2 heterocycles. The van der Waals surface area contributed by atoms with Crippen LogP contribution in [0.4, 0.5) is 0 Å². The number of nitrogens with one attached hydrogen (secondary N) is 1. The highest BCUT2D eigenvalue weighted by atomic mass is 79.9. The van der Waals surface area contributed by atoms with Gasteiger partial charge in [0.2, 0.25) is 0 Å². The molecule has 0 atom stereocenters. The molecule has 0 amide bonds. The highest BCUT2D eigenvalue weighted by molar-refractivity contribution is 9.10. The maximum Gasteiger partial charge on any atom is 0.0835 e. The van der Waals surface area contributed by atoms with E-state index in [2.05, 4.69) is 65.3 Å². The van der Waals surface area contributed by atoms with Crippen molar-refractivity contribution in [2.45, 2.75) is 40.8 Å². The summed E-state index contributed by atoms with van der Waals surface area (Å²) >= 11 is 3.56. The topological polar surface area (TPSA) is 42.7 Å². The predicted molar refractivity (Wildman–Crippen MR) is 89.3 cm³/mol. The molecule has 0 fully saturated rings. The van der Waals surface area contributed by atoms with E-state index in [-0.39, 0.29) is 0 Å². The first-order valence-electron chi connectivity index (χ1n) is 7.32. The summed E-state index contributed by atoms with van der Waals surface area (Å²) in [4.78, 5) is 4.71. The van der Waals surface area contributed by atoms with Crippen LogP contribution >= 0.6 is 15.9 Å². The van der Waals surface area contributed by atoms with E-state index in [9.17, 15) is 0 Å². The molecule has 2 rings (SSSR count). The largest absolute Gasteiger partial charge is 0.311 e. The zero-order chi connectivity index (χ0) is 15.4. The first-order chi connectivity index (χ1) is 9.97. The number of aryl methyl sites for hydroxylation is 1. The maximum atomic E-state index is 4.71. The average molecular weight is 351 g/mol. The van der Waals surface area contributed by atoms with E-state index in [0.29, 0.717) is 12.5 Å². The lowest BCUT2D eigenvalue weighted by Gasteiger charge is -2.09. The molecule has 0 spiro atoms. The lowest BCUT2D eigenvalue weighted by atomic mass is 10.2. The van der Waals surface area contributed by atoms with E-state index in [1.807, 2.05) is 11.6 Å². The average Bonchev–Trinajstić information content (AvgIpc) is 2.66. The Kier molecular flexibility index (Phi) is 5.53. The van der Waals surface area contributed by atoms with Crippen molar-refractivity contribution in [2.24, 2.45) is 5.92 Å². The normalized spacial score (nSPS) is 11.3. The molecule has 0 aromatic carbocycles. The Morgan fingerprint density at radius 3 is 2.57 bits per heavy atom. The molecule has 5 heteroatoms. The molecule has 21 heavy (non-hydrogen) atoms. The van der Waals surface area contributed by atoms with Gasteiger partial charge in [-0.15, -0.1) is 0 Å². The van der Waals surface area contributed by atoms with Crippen LogP contribution in [0.1, 0.15) is 36.6 Å². The molecule has 0 saturated carbocycles. The minimum Gasteiger partial charge on any atom is -0.311 e. The minimum absolute atomic E-state index is 0.653. The second kappa shape index (κ2) is 7.18. The zero-order valence-electron chi connectivity index (χ0n) is 13.2. The molecular weight excluding hydrogens is 328 g/mol. The lowest BCUT2D eigenvalue weighted by molar-refractivity contribution is 0.546. The molecule has 0 aliphatic heterocycles. The van der Waals surface area contributed by atoms with Gasteiger partial charge in [-0.05, 0) is 54.4 Å². The Morgan fingerprint density at radius 1 is 1.24 bits per heavy atom. The smallest absolute Gasteiger partial charge is 0.0835 e. The molecule has 0 bridgehead atoms. The van der Waals surface area contributed by atoms with Crippen LogP contribution in [0, 0.1) is 19.8 Å². The number of aromatic nitrogens is 3. The van der Waals surface area contributed by atoms with Crippen molar-refractivity contribution in [1.82, 2.24) is 20.1 Å². The molecule has 0 saturated heterocycles. The van der Waals surface area contributed by atoms with E-state index < -0.39 is 0 Å². The summed E-state index contributed by atoms with van der Waals surface area (Å²) in [6, 6.07) is 6.18. The Bertz CT molecular complexity index is 604. The molecule has 0 aliphatic rings. The van der Waals surface area contributed by atoms with Crippen molar-refractivity contribution in [1.29, 1.82) is 0 Å². The van der Waals surface area contributed by atoms with Crippen molar-refractivity contribution in [3.05, 3.63) is 45.4 Å².